The molecule has 40 heavy (non-hydrogen) atoms. The van der Waals surface area contributed by atoms with E-state index in [1.165, 1.54) is 60.4 Å². The molecule has 1 unspecified atom stereocenters. The average Bonchev–Trinajstić information content (AvgIpc) is 3.67. The van der Waals surface area contributed by atoms with Crippen molar-refractivity contribution in [2.75, 3.05) is 0 Å². The number of aromatic nitrogens is 3. The van der Waals surface area contributed by atoms with Crippen LogP contribution in [0.4, 0.5) is 0 Å². The van der Waals surface area contributed by atoms with Gasteiger partial charge in [-0.25, -0.2) is 4.98 Å². The van der Waals surface area contributed by atoms with Crippen LogP contribution in [0.25, 0.3) is 60.4 Å². The average molecular weight is 512 g/mol. The molecule has 8 aromatic rings. The van der Waals surface area contributed by atoms with E-state index in [0.717, 1.165) is 16.7 Å². The molecule has 9 rings (SSSR count). The fourth-order valence-electron chi connectivity index (χ4n) is 7.22. The number of imidazole rings is 1. The second-order valence-corrected chi connectivity index (χ2v) is 10.9. The number of aryl methyl sites for hydroxylation is 1. The zero-order chi connectivity index (χ0) is 26.4. The lowest BCUT2D eigenvalue weighted by Crippen LogP contribution is -2.01. The highest BCUT2D eigenvalue weighted by Crippen LogP contribution is 2.54. The molecular weight excluding hydrogens is 486 g/mol. The molecule has 2 aromatic heterocycles. The van der Waals surface area contributed by atoms with E-state index in [9.17, 15) is 0 Å². The van der Waals surface area contributed by atoms with E-state index in [-0.39, 0.29) is 5.92 Å². The van der Waals surface area contributed by atoms with Crippen molar-refractivity contribution in [1.82, 2.24) is 14.1 Å². The minimum absolute atomic E-state index is 0.146. The predicted molar refractivity (Wildman–Crippen MR) is 165 cm³/mol. The van der Waals surface area contributed by atoms with Gasteiger partial charge >= 0.3 is 0 Å². The third-order valence-electron chi connectivity index (χ3n) is 8.81. The Bertz CT molecular complexity index is 2280. The standard InChI is InChI=1S/C37H25N3/c1-39-22-38-29-15-9-17-32(37(29)39)40-30-16-8-7-14-28(30)35-31(40)21-20-27-26-19-18-23-10-5-6-13-25(23)34(26)33(36(27)35)24-11-3-2-4-12-24/h2-22,33H,1H3. The van der Waals surface area contributed by atoms with Crippen LogP contribution in [-0.4, -0.2) is 14.1 Å². The first-order chi connectivity index (χ1) is 19.8. The van der Waals surface area contributed by atoms with Crippen LogP contribution < -0.4 is 0 Å². The molecule has 6 aromatic carbocycles. The van der Waals surface area contributed by atoms with Crippen molar-refractivity contribution in [2.24, 2.45) is 7.05 Å². The Morgan fingerprint density at radius 1 is 0.600 bits per heavy atom. The van der Waals surface area contributed by atoms with Gasteiger partial charge in [0.1, 0.15) is 0 Å². The van der Waals surface area contributed by atoms with Crippen LogP contribution in [0.1, 0.15) is 22.6 Å². The molecule has 0 saturated heterocycles. The second-order valence-electron chi connectivity index (χ2n) is 10.9. The predicted octanol–water partition coefficient (Wildman–Crippen LogP) is 8.98. The molecular formula is C37H25N3. The molecule has 1 atom stereocenters. The van der Waals surface area contributed by atoms with Crippen LogP contribution >= 0.6 is 0 Å². The van der Waals surface area contributed by atoms with E-state index in [1.54, 1.807) is 0 Å². The Morgan fingerprint density at radius 3 is 2.25 bits per heavy atom. The second kappa shape index (κ2) is 7.93. The highest BCUT2D eigenvalue weighted by atomic mass is 15.1. The largest absolute Gasteiger partial charge is 0.332 e. The molecule has 188 valence electrons. The summed E-state index contributed by atoms with van der Waals surface area (Å²) >= 11 is 0. The fraction of sp³-hybridized carbons (Fsp3) is 0.0541. The first-order valence-corrected chi connectivity index (χ1v) is 13.8. The summed E-state index contributed by atoms with van der Waals surface area (Å²) in [6, 6.07) is 44.5. The zero-order valence-corrected chi connectivity index (χ0v) is 22.0. The number of para-hydroxylation sites is 2. The Labute approximate surface area is 231 Å². The maximum absolute atomic E-state index is 4.66. The number of hydrogen-bond donors (Lipinski definition) is 0. The number of rotatable bonds is 2. The third kappa shape index (κ3) is 2.76. The Balaban J connectivity index is 1.47. The highest BCUT2D eigenvalue weighted by Gasteiger charge is 2.34. The minimum Gasteiger partial charge on any atom is -0.332 e. The van der Waals surface area contributed by atoms with Crippen LogP contribution in [-0.2, 0) is 7.05 Å². The first kappa shape index (κ1) is 21.7. The molecule has 0 N–H and O–H groups in total. The molecule has 0 aliphatic heterocycles. The molecule has 0 radical (unpaired) electrons. The van der Waals surface area contributed by atoms with E-state index >= 15 is 0 Å². The van der Waals surface area contributed by atoms with Gasteiger partial charge in [-0.1, -0.05) is 97.1 Å². The van der Waals surface area contributed by atoms with Crippen LogP contribution in [0.5, 0.6) is 0 Å². The molecule has 3 heteroatoms. The summed E-state index contributed by atoms with van der Waals surface area (Å²) in [7, 11) is 2.08. The Morgan fingerprint density at radius 2 is 1.35 bits per heavy atom. The quantitative estimate of drug-likeness (QED) is 0.227. The number of hydrogen-bond acceptors (Lipinski definition) is 1. The van der Waals surface area contributed by atoms with Crippen molar-refractivity contribution in [2.45, 2.75) is 5.92 Å². The SMILES string of the molecule is Cn1cnc2cccc(-n3c4ccccc4c4c5c(ccc43)-c3ccc4ccccc4c3C5c3ccccc3)c21. The normalized spacial score (nSPS) is 14.4. The van der Waals surface area contributed by atoms with Gasteiger partial charge in [-0.3, -0.25) is 0 Å². The van der Waals surface area contributed by atoms with Gasteiger partial charge in [-0.15, -0.1) is 0 Å². The summed E-state index contributed by atoms with van der Waals surface area (Å²) in [5.74, 6) is 0.146. The summed E-state index contributed by atoms with van der Waals surface area (Å²) in [6.45, 7) is 0. The van der Waals surface area contributed by atoms with E-state index in [0.29, 0.717) is 0 Å². The van der Waals surface area contributed by atoms with Crippen molar-refractivity contribution in [3.8, 4) is 16.8 Å². The van der Waals surface area contributed by atoms with E-state index in [4.69, 9.17) is 0 Å². The fourth-order valence-corrected chi connectivity index (χ4v) is 7.22. The summed E-state index contributed by atoms with van der Waals surface area (Å²) < 4.78 is 4.57. The van der Waals surface area contributed by atoms with Crippen LogP contribution in [0, 0.1) is 0 Å². The number of fused-ring (bicyclic) bond motifs is 10. The van der Waals surface area contributed by atoms with Gasteiger partial charge in [0.25, 0.3) is 0 Å². The minimum atomic E-state index is 0.146. The summed E-state index contributed by atoms with van der Waals surface area (Å²) in [4.78, 5) is 4.66. The van der Waals surface area contributed by atoms with Gasteiger partial charge < -0.3 is 9.13 Å². The van der Waals surface area contributed by atoms with Gasteiger partial charge in [0.15, 0.2) is 0 Å². The monoisotopic (exact) mass is 511 g/mol. The highest BCUT2D eigenvalue weighted by molar-refractivity contribution is 6.15. The number of nitrogens with zero attached hydrogens (tertiary/aromatic N) is 3. The molecule has 1 aliphatic rings. The van der Waals surface area contributed by atoms with Gasteiger partial charge in [-0.2, -0.15) is 0 Å². The van der Waals surface area contributed by atoms with Gasteiger partial charge in [-0.05, 0) is 62.9 Å². The van der Waals surface area contributed by atoms with E-state index in [1.807, 2.05) is 6.33 Å². The summed E-state index contributed by atoms with van der Waals surface area (Å²) in [6.07, 6.45) is 1.91. The van der Waals surface area contributed by atoms with Crippen molar-refractivity contribution in [3.05, 3.63) is 144 Å². The summed E-state index contributed by atoms with van der Waals surface area (Å²) in [5.41, 5.74) is 12.6. The first-order valence-electron chi connectivity index (χ1n) is 13.8. The Kier molecular flexibility index (Phi) is 4.31. The van der Waals surface area contributed by atoms with Crippen LogP contribution in [0.15, 0.2) is 128 Å². The smallest absolute Gasteiger partial charge is 0.0956 e. The molecule has 0 saturated carbocycles. The van der Waals surface area contributed by atoms with E-state index < -0.39 is 0 Å². The van der Waals surface area contributed by atoms with Crippen LogP contribution in [0.3, 0.4) is 0 Å². The Hall–Kier alpha value is -5.15. The summed E-state index contributed by atoms with van der Waals surface area (Å²) in [5, 5.41) is 5.24. The van der Waals surface area contributed by atoms with Crippen molar-refractivity contribution in [1.29, 1.82) is 0 Å². The molecule has 3 nitrogen and oxygen atoms in total. The lowest BCUT2D eigenvalue weighted by molar-refractivity contribution is 0.941. The van der Waals surface area contributed by atoms with E-state index in [2.05, 4.69) is 142 Å². The molecule has 2 heterocycles. The molecule has 0 bridgehead atoms. The van der Waals surface area contributed by atoms with Crippen molar-refractivity contribution in [3.63, 3.8) is 0 Å². The lowest BCUT2D eigenvalue weighted by atomic mass is 9.85. The molecule has 0 spiro atoms. The maximum atomic E-state index is 4.66. The molecule has 0 amide bonds. The lowest BCUT2D eigenvalue weighted by Gasteiger charge is -2.18. The third-order valence-corrected chi connectivity index (χ3v) is 8.81. The zero-order valence-electron chi connectivity index (χ0n) is 22.0. The number of benzene rings is 6. The van der Waals surface area contributed by atoms with Gasteiger partial charge in [0.05, 0.1) is 34.1 Å². The van der Waals surface area contributed by atoms with Gasteiger partial charge in [0.2, 0.25) is 0 Å². The van der Waals surface area contributed by atoms with Crippen molar-refractivity contribution < 1.29 is 0 Å². The maximum Gasteiger partial charge on any atom is 0.0956 e. The van der Waals surface area contributed by atoms with Crippen LogP contribution in [0.2, 0.25) is 0 Å². The topological polar surface area (TPSA) is 22.8 Å². The van der Waals surface area contributed by atoms with Crippen molar-refractivity contribution >= 4 is 43.6 Å². The molecule has 0 fully saturated rings. The molecule has 1 aliphatic carbocycles. The van der Waals surface area contributed by atoms with Gasteiger partial charge in [0, 0.05) is 23.7 Å².